The minimum Gasteiger partial charge on any atom is -0.490 e. The maximum atomic E-state index is 12.6. The van der Waals surface area contributed by atoms with Crippen LogP contribution in [-0.2, 0) is 4.74 Å². The van der Waals surface area contributed by atoms with Crippen LogP contribution in [0, 0.1) is 0 Å². The number of carbonyl (C=O) groups is 2. The molecule has 0 bridgehead atoms. The van der Waals surface area contributed by atoms with Crippen LogP contribution in [0.15, 0.2) is 48.5 Å². The minimum absolute atomic E-state index is 0.217. The summed E-state index contributed by atoms with van der Waals surface area (Å²) < 4.78 is 17.0. The summed E-state index contributed by atoms with van der Waals surface area (Å²) in [5.41, 5.74) is 0.115. The molecule has 0 unspecified atom stereocenters. The van der Waals surface area contributed by atoms with Gasteiger partial charge < -0.3 is 14.2 Å². The Morgan fingerprint density at radius 3 is 1.93 bits per heavy atom. The lowest BCUT2D eigenvalue weighted by molar-refractivity contribution is 0.0101. The zero-order valence-corrected chi connectivity index (χ0v) is 16.4. The SMILES string of the molecule is CCOc1ccccc1OCCOCC(C)(C)N1C(=O)c2ccccc2C1=O. The summed E-state index contributed by atoms with van der Waals surface area (Å²) in [6.45, 7) is 7.00. The van der Waals surface area contributed by atoms with Gasteiger partial charge in [-0.15, -0.1) is 0 Å². The number of hydrogen-bond acceptors (Lipinski definition) is 5. The van der Waals surface area contributed by atoms with Crippen LogP contribution in [0.1, 0.15) is 41.5 Å². The Morgan fingerprint density at radius 1 is 0.821 bits per heavy atom. The average molecular weight is 383 g/mol. The molecule has 0 atom stereocenters. The van der Waals surface area contributed by atoms with Crippen LogP contribution in [0.2, 0.25) is 0 Å². The smallest absolute Gasteiger partial charge is 0.262 e. The number of amides is 2. The van der Waals surface area contributed by atoms with E-state index in [0.29, 0.717) is 42.4 Å². The van der Waals surface area contributed by atoms with E-state index in [-0.39, 0.29) is 18.4 Å². The zero-order valence-electron chi connectivity index (χ0n) is 16.4. The molecule has 3 rings (SSSR count). The lowest BCUT2D eigenvalue weighted by Crippen LogP contribution is -2.50. The summed E-state index contributed by atoms with van der Waals surface area (Å²) in [5.74, 6) is 0.788. The fourth-order valence-corrected chi connectivity index (χ4v) is 3.18. The molecule has 0 saturated heterocycles. The van der Waals surface area contributed by atoms with Gasteiger partial charge in [0.1, 0.15) is 6.61 Å². The number of rotatable bonds is 9. The molecule has 148 valence electrons. The number of benzene rings is 2. The molecule has 2 aromatic carbocycles. The van der Waals surface area contributed by atoms with Crippen LogP contribution < -0.4 is 9.47 Å². The van der Waals surface area contributed by atoms with Crippen molar-refractivity contribution in [3.05, 3.63) is 59.7 Å². The number of hydrogen-bond donors (Lipinski definition) is 0. The zero-order chi connectivity index (χ0) is 20.1. The highest BCUT2D eigenvalue weighted by Crippen LogP contribution is 2.29. The molecule has 1 aliphatic rings. The third kappa shape index (κ3) is 4.02. The molecule has 1 heterocycles. The Hall–Kier alpha value is -2.86. The highest BCUT2D eigenvalue weighted by atomic mass is 16.5. The molecule has 0 radical (unpaired) electrons. The van der Waals surface area contributed by atoms with Crippen molar-refractivity contribution in [1.29, 1.82) is 0 Å². The van der Waals surface area contributed by atoms with E-state index in [4.69, 9.17) is 14.2 Å². The normalized spacial score (nSPS) is 13.6. The second kappa shape index (κ2) is 8.44. The molecule has 0 saturated carbocycles. The van der Waals surface area contributed by atoms with Crippen molar-refractivity contribution in [3.8, 4) is 11.5 Å². The van der Waals surface area contributed by atoms with Gasteiger partial charge in [-0.2, -0.15) is 0 Å². The quantitative estimate of drug-likeness (QED) is 0.489. The molecular formula is C22H25NO5. The standard InChI is InChI=1S/C22H25NO5/c1-4-27-18-11-7-8-12-19(18)28-14-13-26-15-22(2,3)23-20(24)16-9-5-6-10-17(16)21(23)25/h5-12H,4,13-15H2,1-3H3. The van der Waals surface area contributed by atoms with Crippen molar-refractivity contribution < 1.29 is 23.8 Å². The number of carbonyl (C=O) groups excluding carboxylic acids is 2. The molecule has 0 N–H and O–H groups in total. The Balaban J connectivity index is 1.53. The van der Waals surface area contributed by atoms with Gasteiger partial charge >= 0.3 is 0 Å². The fourth-order valence-electron chi connectivity index (χ4n) is 3.18. The number of ether oxygens (including phenoxy) is 3. The van der Waals surface area contributed by atoms with Crippen LogP contribution in [0.5, 0.6) is 11.5 Å². The van der Waals surface area contributed by atoms with Gasteiger partial charge in [-0.05, 0) is 45.0 Å². The molecular weight excluding hydrogens is 358 g/mol. The van der Waals surface area contributed by atoms with E-state index >= 15 is 0 Å². The van der Waals surface area contributed by atoms with Crippen LogP contribution >= 0.6 is 0 Å². The Kier molecular flexibility index (Phi) is 5.99. The summed E-state index contributed by atoms with van der Waals surface area (Å²) >= 11 is 0. The van der Waals surface area contributed by atoms with E-state index in [9.17, 15) is 9.59 Å². The largest absolute Gasteiger partial charge is 0.490 e. The van der Waals surface area contributed by atoms with Crippen LogP contribution in [0.3, 0.4) is 0 Å². The van der Waals surface area contributed by atoms with Gasteiger partial charge in [0.15, 0.2) is 11.5 Å². The summed E-state index contributed by atoms with van der Waals surface area (Å²) in [6.07, 6.45) is 0. The average Bonchev–Trinajstić information content (AvgIpc) is 2.94. The van der Waals surface area contributed by atoms with Crippen LogP contribution in [-0.4, -0.2) is 48.7 Å². The first kappa shape index (κ1) is 19.9. The van der Waals surface area contributed by atoms with Gasteiger partial charge in [0, 0.05) is 0 Å². The van der Waals surface area contributed by atoms with Crippen LogP contribution in [0.4, 0.5) is 0 Å². The molecule has 1 aliphatic heterocycles. The monoisotopic (exact) mass is 383 g/mol. The first-order chi connectivity index (χ1) is 13.5. The Bertz CT molecular complexity index is 827. The molecule has 6 heteroatoms. The number of fused-ring (bicyclic) bond motifs is 1. The van der Waals surface area contributed by atoms with E-state index < -0.39 is 5.54 Å². The summed E-state index contributed by atoms with van der Waals surface area (Å²) in [4.78, 5) is 26.6. The molecule has 0 spiro atoms. The lowest BCUT2D eigenvalue weighted by atomic mass is 10.0. The number of imide groups is 1. The van der Waals surface area contributed by atoms with Gasteiger partial charge in [0.25, 0.3) is 11.8 Å². The highest BCUT2D eigenvalue weighted by molar-refractivity contribution is 6.21. The van der Waals surface area contributed by atoms with E-state index in [1.54, 1.807) is 24.3 Å². The molecule has 2 aromatic rings. The first-order valence-corrected chi connectivity index (χ1v) is 9.36. The second-order valence-electron chi connectivity index (χ2n) is 7.08. The number of para-hydroxylation sites is 2. The predicted molar refractivity (Wildman–Crippen MR) is 105 cm³/mol. The van der Waals surface area contributed by atoms with Gasteiger partial charge in [0.2, 0.25) is 0 Å². The van der Waals surface area contributed by atoms with Gasteiger partial charge in [-0.3, -0.25) is 14.5 Å². The van der Waals surface area contributed by atoms with Crippen molar-refractivity contribution in [2.75, 3.05) is 26.4 Å². The van der Waals surface area contributed by atoms with Crippen molar-refractivity contribution in [1.82, 2.24) is 4.90 Å². The lowest BCUT2D eigenvalue weighted by Gasteiger charge is -2.33. The molecule has 0 aliphatic carbocycles. The topological polar surface area (TPSA) is 65.1 Å². The first-order valence-electron chi connectivity index (χ1n) is 9.36. The molecule has 2 amide bonds. The third-order valence-electron chi connectivity index (χ3n) is 4.49. The molecule has 28 heavy (non-hydrogen) atoms. The van der Waals surface area contributed by atoms with E-state index in [1.165, 1.54) is 4.90 Å². The van der Waals surface area contributed by atoms with Gasteiger partial charge in [-0.25, -0.2) is 0 Å². The predicted octanol–water partition coefficient (Wildman–Crippen LogP) is 3.56. The van der Waals surface area contributed by atoms with E-state index in [1.807, 2.05) is 45.0 Å². The van der Waals surface area contributed by atoms with Crippen molar-refractivity contribution in [2.45, 2.75) is 26.3 Å². The fraction of sp³-hybridized carbons (Fsp3) is 0.364. The van der Waals surface area contributed by atoms with Crippen molar-refractivity contribution in [3.63, 3.8) is 0 Å². The maximum absolute atomic E-state index is 12.6. The third-order valence-corrected chi connectivity index (χ3v) is 4.49. The molecule has 0 fully saturated rings. The summed E-state index contributed by atoms with van der Waals surface area (Å²) in [7, 11) is 0. The van der Waals surface area contributed by atoms with Gasteiger partial charge in [-0.1, -0.05) is 24.3 Å². The maximum Gasteiger partial charge on any atom is 0.262 e. The van der Waals surface area contributed by atoms with Crippen molar-refractivity contribution in [2.24, 2.45) is 0 Å². The summed E-state index contributed by atoms with van der Waals surface area (Å²) in [6, 6.07) is 14.3. The Morgan fingerprint density at radius 2 is 1.36 bits per heavy atom. The minimum atomic E-state index is -0.767. The molecule has 0 aromatic heterocycles. The van der Waals surface area contributed by atoms with Crippen molar-refractivity contribution >= 4 is 11.8 Å². The summed E-state index contributed by atoms with van der Waals surface area (Å²) in [5, 5.41) is 0. The van der Waals surface area contributed by atoms with E-state index in [0.717, 1.165) is 0 Å². The van der Waals surface area contributed by atoms with Gasteiger partial charge in [0.05, 0.1) is 36.5 Å². The second-order valence-corrected chi connectivity index (χ2v) is 7.08. The molecule has 6 nitrogen and oxygen atoms in total. The highest BCUT2D eigenvalue weighted by Gasteiger charge is 2.43. The van der Waals surface area contributed by atoms with E-state index in [2.05, 4.69) is 0 Å². The van der Waals surface area contributed by atoms with Crippen LogP contribution in [0.25, 0.3) is 0 Å². The number of nitrogens with zero attached hydrogens (tertiary/aromatic N) is 1. The Labute approximate surface area is 165 Å².